The molecule has 2 aromatic carbocycles. The number of nitrogens with zero attached hydrogens (tertiary/aromatic N) is 3. The Morgan fingerprint density at radius 3 is 2.28 bits per heavy atom. The first kappa shape index (κ1) is 29.6. The lowest BCUT2D eigenvalue weighted by atomic mass is 10.1. The lowest BCUT2D eigenvalue weighted by molar-refractivity contribution is -0.139. The summed E-state index contributed by atoms with van der Waals surface area (Å²) in [6.45, 7) is 8.70. The van der Waals surface area contributed by atoms with E-state index < -0.39 is 28.7 Å². The molecule has 1 N–H and O–H groups in total. The van der Waals surface area contributed by atoms with Crippen LogP contribution in [0.4, 0.5) is 5.69 Å². The van der Waals surface area contributed by atoms with Crippen LogP contribution in [0.25, 0.3) is 0 Å². The molecule has 0 aliphatic carbocycles. The quantitative estimate of drug-likeness (QED) is 0.471. The molecule has 2 rings (SSSR count). The highest BCUT2D eigenvalue weighted by molar-refractivity contribution is 7.90. The molecule has 0 aromatic heterocycles. The van der Waals surface area contributed by atoms with Gasteiger partial charge in [-0.05, 0) is 62.9 Å². The van der Waals surface area contributed by atoms with Crippen LogP contribution in [0.1, 0.15) is 43.9 Å². The first-order valence-corrected chi connectivity index (χ1v) is 13.7. The number of benzene rings is 2. The minimum Gasteiger partial charge on any atom is -0.352 e. The van der Waals surface area contributed by atoms with Gasteiger partial charge in [0.25, 0.3) is 0 Å². The highest BCUT2D eigenvalue weighted by Gasteiger charge is 2.33. The normalized spacial score (nSPS) is 13.2. The van der Waals surface area contributed by atoms with Crippen molar-refractivity contribution >= 4 is 39.3 Å². The van der Waals surface area contributed by atoms with Gasteiger partial charge in [-0.15, -0.1) is 0 Å². The molecule has 10 heteroatoms. The summed E-state index contributed by atoms with van der Waals surface area (Å²) in [5.74, 6) is -0.841. The van der Waals surface area contributed by atoms with Crippen LogP contribution >= 0.6 is 11.6 Å². The smallest absolute Gasteiger partial charge is 0.304 e. The van der Waals surface area contributed by atoms with Gasteiger partial charge < -0.3 is 10.2 Å². The first-order valence-electron chi connectivity index (χ1n) is 11.9. The van der Waals surface area contributed by atoms with E-state index in [9.17, 15) is 18.0 Å². The van der Waals surface area contributed by atoms with Crippen LogP contribution in [0.2, 0.25) is 5.02 Å². The lowest BCUT2D eigenvalue weighted by Crippen LogP contribution is -2.53. The summed E-state index contributed by atoms with van der Waals surface area (Å²) >= 11 is 6.37. The molecule has 0 saturated carbocycles. The summed E-state index contributed by atoms with van der Waals surface area (Å²) < 4.78 is 28.8. The molecule has 0 radical (unpaired) electrons. The summed E-state index contributed by atoms with van der Waals surface area (Å²) in [6.07, 6.45) is 0.735. The topological polar surface area (TPSA) is 90.0 Å². The number of hydrogen-bond acceptors (Lipinski definition) is 4. The molecule has 0 heterocycles. The van der Waals surface area contributed by atoms with Crippen molar-refractivity contribution in [1.82, 2.24) is 14.5 Å². The Balaban J connectivity index is 2.52. The summed E-state index contributed by atoms with van der Waals surface area (Å²) in [4.78, 5) is 28.2. The van der Waals surface area contributed by atoms with Crippen LogP contribution in [0.5, 0.6) is 0 Å². The number of nitrogens with one attached hydrogen (secondary N) is 1. The van der Waals surface area contributed by atoms with Gasteiger partial charge in [0.05, 0.1) is 5.69 Å². The molecule has 36 heavy (non-hydrogen) atoms. The molecular formula is C26H37ClN4O4S. The second-order valence-corrected chi connectivity index (χ2v) is 11.7. The summed E-state index contributed by atoms with van der Waals surface area (Å²) in [5.41, 5.74) is 2.63. The maximum absolute atomic E-state index is 13.8. The molecule has 198 valence electrons. The maximum atomic E-state index is 13.8. The number of anilines is 1. The SMILES string of the molecule is CC[C@@H](C)NC(=O)[C@H](C)N(Cc1ccccc1Cl)C(=O)CN(c1cc(C)ccc1C)S(=O)(=O)N(C)C. The minimum absolute atomic E-state index is 0.0518. The fourth-order valence-corrected chi connectivity index (χ4v) is 4.86. The number of hydrogen-bond donors (Lipinski definition) is 1. The average molecular weight is 537 g/mol. The molecule has 0 bridgehead atoms. The van der Waals surface area contributed by atoms with E-state index in [2.05, 4.69) is 5.32 Å². The second kappa shape index (κ2) is 12.6. The Bertz CT molecular complexity index is 1190. The van der Waals surface area contributed by atoms with E-state index in [1.165, 1.54) is 19.0 Å². The largest absolute Gasteiger partial charge is 0.352 e. The molecule has 0 aliphatic heterocycles. The third kappa shape index (κ3) is 7.21. The highest BCUT2D eigenvalue weighted by Crippen LogP contribution is 2.26. The minimum atomic E-state index is -4.02. The van der Waals surface area contributed by atoms with Crippen molar-refractivity contribution in [3.63, 3.8) is 0 Å². The van der Waals surface area contributed by atoms with Crippen molar-refractivity contribution in [2.45, 2.75) is 59.7 Å². The van der Waals surface area contributed by atoms with Crippen LogP contribution in [-0.4, -0.2) is 62.2 Å². The monoisotopic (exact) mass is 536 g/mol. The van der Waals surface area contributed by atoms with Gasteiger partial charge in [-0.25, -0.2) is 4.31 Å². The summed E-state index contributed by atoms with van der Waals surface area (Å²) in [5, 5.41) is 3.36. The van der Waals surface area contributed by atoms with Crippen molar-refractivity contribution in [3.8, 4) is 0 Å². The molecule has 0 spiro atoms. The second-order valence-electron chi connectivity index (χ2n) is 9.19. The van der Waals surface area contributed by atoms with Gasteiger partial charge in [0.2, 0.25) is 11.8 Å². The van der Waals surface area contributed by atoms with Crippen LogP contribution in [0.3, 0.4) is 0 Å². The average Bonchev–Trinajstić information content (AvgIpc) is 2.82. The van der Waals surface area contributed by atoms with Gasteiger partial charge in [0.15, 0.2) is 0 Å². The fraction of sp³-hybridized carbons (Fsp3) is 0.462. The first-order chi connectivity index (χ1) is 16.8. The van der Waals surface area contributed by atoms with Gasteiger partial charge >= 0.3 is 10.2 Å². The Hall–Kier alpha value is -2.62. The number of aryl methyl sites for hydroxylation is 2. The number of amides is 2. The van der Waals surface area contributed by atoms with Gasteiger partial charge in [0.1, 0.15) is 12.6 Å². The molecule has 0 unspecified atom stereocenters. The number of carbonyl (C=O) groups is 2. The van der Waals surface area contributed by atoms with Gasteiger partial charge in [-0.3, -0.25) is 9.59 Å². The molecule has 2 amide bonds. The van der Waals surface area contributed by atoms with Crippen molar-refractivity contribution in [2.75, 3.05) is 24.9 Å². The zero-order valence-electron chi connectivity index (χ0n) is 22.1. The maximum Gasteiger partial charge on any atom is 0.304 e. The Kier molecular flexibility index (Phi) is 10.3. The van der Waals surface area contributed by atoms with Gasteiger partial charge in [-0.1, -0.05) is 48.9 Å². The molecule has 0 aliphatic rings. The van der Waals surface area contributed by atoms with Crippen molar-refractivity contribution in [2.24, 2.45) is 0 Å². The molecule has 2 aromatic rings. The molecule has 0 saturated heterocycles. The van der Waals surface area contributed by atoms with E-state index in [0.717, 1.165) is 20.6 Å². The standard InChI is InChI=1S/C26H37ClN4O4S/c1-8-20(4)28-26(33)21(5)30(16-22-11-9-10-12-23(22)27)25(32)17-31(36(34,35)29(6)7)24-15-18(2)13-14-19(24)3/h9-15,20-21H,8,16-17H2,1-7H3,(H,28,33)/t20-,21+/m1/s1. The third-order valence-corrected chi connectivity index (χ3v) is 8.29. The van der Waals surface area contributed by atoms with E-state index in [1.807, 2.05) is 32.9 Å². The highest BCUT2D eigenvalue weighted by atomic mass is 35.5. The van der Waals surface area contributed by atoms with Crippen LogP contribution in [0.15, 0.2) is 42.5 Å². The van der Waals surface area contributed by atoms with Crippen molar-refractivity contribution in [1.29, 1.82) is 0 Å². The van der Waals surface area contributed by atoms with Crippen molar-refractivity contribution in [3.05, 3.63) is 64.2 Å². The van der Waals surface area contributed by atoms with Gasteiger partial charge in [0, 0.05) is 31.7 Å². The van der Waals surface area contributed by atoms with Gasteiger partial charge in [-0.2, -0.15) is 12.7 Å². The third-order valence-electron chi connectivity index (χ3n) is 6.12. The van der Waals surface area contributed by atoms with E-state index in [4.69, 9.17) is 11.6 Å². The van der Waals surface area contributed by atoms with E-state index >= 15 is 0 Å². The Morgan fingerprint density at radius 1 is 1.06 bits per heavy atom. The Morgan fingerprint density at radius 2 is 1.69 bits per heavy atom. The number of rotatable bonds is 11. The number of carbonyl (C=O) groups excluding carboxylic acids is 2. The zero-order chi connectivity index (χ0) is 27.2. The van der Waals surface area contributed by atoms with Crippen molar-refractivity contribution < 1.29 is 18.0 Å². The van der Waals surface area contributed by atoms with Crippen LogP contribution in [-0.2, 0) is 26.3 Å². The fourth-order valence-electron chi connectivity index (χ4n) is 3.55. The van der Waals surface area contributed by atoms with Crippen LogP contribution < -0.4 is 9.62 Å². The van der Waals surface area contributed by atoms with E-state index in [0.29, 0.717) is 21.8 Å². The van der Waals surface area contributed by atoms with Crippen LogP contribution in [0, 0.1) is 13.8 Å². The van der Waals surface area contributed by atoms with E-state index in [1.54, 1.807) is 44.2 Å². The summed E-state index contributed by atoms with van der Waals surface area (Å²) in [6, 6.07) is 11.6. The Labute approximate surface area is 220 Å². The predicted molar refractivity (Wildman–Crippen MR) is 145 cm³/mol. The molecular weight excluding hydrogens is 500 g/mol. The summed E-state index contributed by atoms with van der Waals surface area (Å²) in [7, 11) is -1.18. The molecule has 8 nitrogen and oxygen atoms in total. The predicted octanol–water partition coefficient (Wildman–Crippen LogP) is 3.90. The zero-order valence-corrected chi connectivity index (χ0v) is 23.7. The lowest BCUT2D eigenvalue weighted by Gasteiger charge is -2.34. The van der Waals surface area contributed by atoms with E-state index in [-0.39, 0.29) is 18.5 Å². The molecule has 0 fully saturated rings. The molecule has 2 atom stereocenters. The number of halogens is 1.